The van der Waals surface area contributed by atoms with E-state index in [4.69, 9.17) is 0 Å². The van der Waals surface area contributed by atoms with E-state index in [0.29, 0.717) is 38.5 Å². The summed E-state index contributed by atoms with van der Waals surface area (Å²) in [6.07, 6.45) is -22.3. The molecule has 1 aliphatic rings. The van der Waals surface area contributed by atoms with Gasteiger partial charge in [-0.05, 0) is 61.7 Å². The molecular formula is C27H42F12O2. The van der Waals surface area contributed by atoms with Gasteiger partial charge in [-0.2, -0.15) is 52.7 Å². The molecule has 1 saturated carbocycles. The molecule has 0 aromatic rings. The van der Waals surface area contributed by atoms with Crippen LogP contribution in [0.3, 0.4) is 0 Å². The number of alkyl halides is 12. The molecule has 41 heavy (non-hydrogen) atoms. The maximum Gasteiger partial charge on any atom is 0.426 e. The number of aliphatic hydroxyl groups is 2. The topological polar surface area (TPSA) is 40.5 Å². The third-order valence-electron chi connectivity index (χ3n) is 8.91. The monoisotopic (exact) mass is 626 g/mol. The second kappa shape index (κ2) is 14.2. The average molecular weight is 627 g/mol. The van der Waals surface area contributed by atoms with Crippen molar-refractivity contribution >= 4 is 0 Å². The molecular weight excluding hydrogens is 584 g/mol. The van der Waals surface area contributed by atoms with Gasteiger partial charge in [-0.15, -0.1) is 0 Å². The van der Waals surface area contributed by atoms with Gasteiger partial charge in [0.2, 0.25) is 0 Å². The maximum absolute atomic E-state index is 13.0. The highest BCUT2D eigenvalue weighted by Gasteiger charge is 2.71. The molecule has 2 N–H and O–H groups in total. The van der Waals surface area contributed by atoms with Crippen LogP contribution in [0, 0.1) is 29.6 Å². The minimum Gasteiger partial charge on any atom is -0.374 e. The predicted molar refractivity (Wildman–Crippen MR) is 129 cm³/mol. The summed E-state index contributed by atoms with van der Waals surface area (Å²) in [4.78, 5) is 0. The zero-order chi connectivity index (χ0) is 32.1. The third-order valence-corrected chi connectivity index (χ3v) is 8.91. The van der Waals surface area contributed by atoms with Crippen LogP contribution in [-0.2, 0) is 0 Å². The Bertz CT molecular complexity index is 736. The lowest BCUT2D eigenvalue weighted by atomic mass is 9.72. The molecule has 3 unspecified atom stereocenters. The SMILES string of the molecule is CCCC(CCCCC(O)(C(F)(F)F)C(F)(F)F)CC(C)C(C)CC1CCC(CC(O)(C(F)(F)F)C(F)(F)F)CC1. The van der Waals surface area contributed by atoms with Gasteiger partial charge >= 0.3 is 24.7 Å². The van der Waals surface area contributed by atoms with Crippen molar-refractivity contribution in [3.05, 3.63) is 0 Å². The van der Waals surface area contributed by atoms with Crippen molar-refractivity contribution < 1.29 is 62.9 Å². The lowest BCUT2D eigenvalue weighted by Gasteiger charge is -2.38. The van der Waals surface area contributed by atoms with Crippen molar-refractivity contribution in [2.45, 2.75) is 140 Å². The minimum atomic E-state index is -5.84. The molecule has 246 valence electrons. The Morgan fingerprint density at radius 2 is 1.05 bits per heavy atom. The first kappa shape index (κ1) is 38.1. The molecule has 14 heteroatoms. The molecule has 0 saturated heterocycles. The Morgan fingerprint density at radius 1 is 0.610 bits per heavy atom. The molecule has 0 heterocycles. The maximum atomic E-state index is 13.0. The van der Waals surface area contributed by atoms with Gasteiger partial charge in [0.1, 0.15) is 0 Å². The normalized spacial score (nSPS) is 22.5. The second-order valence-corrected chi connectivity index (χ2v) is 12.1. The van der Waals surface area contributed by atoms with E-state index < -0.39 is 61.1 Å². The Kier molecular flexibility index (Phi) is 13.2. The standard InChI is InChI=1S/C27H42F12O2/c1-4-7-19(8-5-6-13-22(40,24(28,29)30)25(31,32)33)14-17(2)18(3)15-20-9-11-21(12-10-20)16-23(41,26(34,35)36)27(37,38)39/h17-21,40-41H,4-16H2,1-3H3. The van der Waals surface area contributed by atoms with Gasteiger partial charge in [0.25, 0.3) is 11.2 Å². The highest BCUT2D eigenvalue weighted by molar-refractivity contribution is 4.96. The van der Waals surface area contributed by atoms with Crippen LogP contribution in [0.25, 0.3) is 0 Å². The zero-order valence-corrected chi connectivity index (χ0v) is 23.5. The number of unbranched alkanes of at least 4 members (excludes halogenated alkanes) is 1. The summed E-state index contributed by atoms with van der Waals surface area (Å²) >= 11 is 0. The number of halogens is 12. The van der Waals surface area contributed by atoms with E-state index in [1.54, 1.807) is 0 Å². The Morgan fingerprint density at radius 3 is 1.46 bits per heavy atom. The summed E-state index contributed by atoms with van der Waals surface area (Å²) in [6, 6.07) is 0. The predicted octanol–water partition coefficient (Wildman–Crippen LogP) is 9.92. The van der Waals surface area contributed by atoms with E-state index >= 15 is 0 Å². The summed E-state index contributed by atoms with van der Waals surface area (Å²) in [5, 5.41) is 18.8. The number of hydrogen-bond donors (Lipinski definition) is 2. The zero-order valence-electron chi connectivity index (χ0n) is 23.5. The van der Waals surface area contributed by atoms with Gasteiger partial charge < -0.3 is 10.2 Å². The fourth-order valence-electron chi connectivity index (χ4n) is 6.04. The van der Waals surface area contributed by atoms with Gasteiger partial charge in [0.15, 0.2) is 0 Å². The smallest absolute Gasteiger partial charge is 0.374 e. The lowest BCUT2D eigenvalue weighted by Crippen LogP contribution is -2.57. The van der Waals surface area contributed by atoms with Crippen molar-refractivity contribution in [3.63, 3.8) is 0 Å². The highest BCUT2D eigenvalue weighted by Crippen LogP contribution is 2.50. The molecule has 0 bridgehead atoms. The van der Waals surface area contributed by atoms with Gasteiger partial charge in [0.05, 0.1) is 0 Å². The average Bonchev–Trinajstić information content (AvgIpc) is 2.79. The fraction of sp³-hybridized carbons (Fsp3) is 1.00. The molecule has 1 aliphatic carbocycles. The molecule has 0 aromatic carbocycles. The fourth-order valence-corrected chi connectivity index (χ4v) is 6.04. The van der Waals surface area contributed by atoms with Crippen LogP contribution in [0.15, 0.2) is 0 Å². The lowest BCUT2D eigenvalue weighted by molar-refractivity contribution is -0.373. The molecule has 1 fully saturated rings. The molecule has 0 spiro atoms. The molecule has 0 aliphatic heterocycles. The minimum absolute atomic E-state index is 0.0421. The molecule has 0 aromatic heterocycles. The molecule has 1 rings (SSSR count). The van der Waals surface area contributed by atoms with Crippen molar-refractivity contribution in [2.24, 2.45) is 29.6 Å². The summed E-state index contributed by atoms with van der Waals surface area (Å²) < 4.78 is 155. The first-order valence-corrected chi connectivity index (χ1v) is 14.1. The summed E-state index contributed by atoms with van der Waals surface area (Å²) in [5.41, 5.74) is -9.50. The highest BCUT2D eigenvalue weighted by atomic mass is 19.4. The van der Waals surface area contributed by atoms with Gasteiger partial charge in [-0.1, -0.05) is 72.1 Å². The van der Waals surface area contributed by atoms with Crippen LogP contribution in [0.2, 0.25) is 0 Å². The van der Waals surface area contributed by atoms with E-state index in [1.807, 2.05) is 20.8 Å². The quantitative estimate of drug-likeness (QED) is 0.149. The Hall–Kier alpha value is -0.920. The van der Waals surface area contributed by atoms with E-state index in [9.17, 15) is 62.9 Å². The molecule has 2 nitrogen and oxygen atoms in total. The van der Waals surface area contributed by atoms with Crippen molar-refractivity contribution in [2.75, 3.05) is 0 Å². The number of hydrogen-bond acceptors (Lipinski definition) is 2. The van der Waals surface area contributed by atoms with E-state index in [0.717, 1.165) is 6.42 Å². The molecule has 0 amide bonds. The van der Waals surface area contributed by atoms with E-state index in [1.165, 1.54) is 0 Å². The Labute approximate surface area is 233 Å². The van der Waals surface area contributed by atoms with E-state index in [-0.39, 0.29) is 42.9 Å². The molecule has 0 radical (unpaired) electrons. The first-order chi connectivity index (χ1) is 18.4. The summed E-state index contributed by atoms with van der Waals surface area (Å²) in [7, 11) is 0. The van der Waals surface area contributed by atoms with Gasteiger partial charge in [0, 0.05) is 0 Å². The Balaban J connectivity index is 2.61. The summed E-state index contributed by atoms with van der Waals surface area (Å²) in [6.45, 7) is 5.85. The summed E-state index contributed by atoms with van der Waals surface area (Å²) in [5.74, 6) is -0.555. The third kappa shape index (κ3) is 10.1. The van der Waals surface area contributed by atoms with Crippen molar-refractivity contribution in [1.29, 1.82) is 0 Å². The van der Waals surface area contributed by atoms with Crippen LogP contribution >= 0.6 is 0 Å². The first-order valence-electron chi connectivity index (χ1n) is 14.1. The number of rotatable bonds is 14. The molecule has 3 atom stereocenters. The second-order valence-electron chi connectivity index (χ2n) is 12.1. The van der Waals surface area contributed by atoms with Crippen LogP contribution in [0.4, 0.5) is 52.7 Å². The van der Waals surface area contributed by atoms with Crippen molar-refractivity contribution in [1.82, 2.24) is 0 Å². The van der Waals surface area contributed by atoms with Crippen LogP contribution in [0.5, 0.6) is 0 Å². The largest absolute Gasteiger partial charge is 0.426 e. The van der Waals surface area contributed by atoms with Gasteiger partial charge in [-0.3, -0.25) is 0 Å². The van der Waals surface area contributed by atoms with Crippen LogP contribution in [-0.4, -0.2) is 46.1 Å². The van der Waals surface area contributed by atoms with Crippen LogP contribution < -0.4 is 0 Å². The van der Waals surface area contributed by atoms with Crippen LogP contribution in [0.1, 0.15) is 104 Å². The van der Waals surface area contributed by atoms with E-state index in [2.05, 4.69) is 0 Å². The van der Waals surface area contributed by atoms with Crippen molar-refractivity contribution in [3.8, 4) is 0 Å². The van der Waals surface area contributed by atoms with Gasteiger partial charge in [-0.25, -0.2) is 0 Å².